The van der Waals surface area contributed by atoms with Crippen LogP contribution in [-0.4, -0.2) is 19.8 Å². The van der Waals surface area contributed by atoms with Gasteiger partial charge < -0.3 is 5.32 Å². The summed E-state index contributed by atoms with van der Waals surface area (Å²) in [5.41, 5.74) is 0. The van der Waals surface area contributed by atoms with Gasteiger partial charge in [0.2, 0.25) is 0 Å². The van der Waals surface area contributed by atoms with Crippen LogP contribution in [0.25, 0.3) is 0 Å². The van der Waals surface area contributed by atoms with Crippen molar-refractivity contribution < 1.29 is 13.2 Å². The number of hydrogen-bond donors (Lipinski definition) is 1. The second-order valence-corrected chi connectivity index (χ2v) is 2.06. The maximum atomic E-state index is 9.67. The molecule has 1 heterocycles. The van der Waals surface area contributed by atoms with Gasteiger partial charge in [0.15, 0.2) is 0 Å². The molecule has 0 bridgehead atoms. The van der Waals surface area contributed by atoms with E-state index in [-0.39, 0.29) is 0 Å². The van der Waals surface area contributed by atoms with Gasteiger partial charge in [-0.15, -0.1) is 0 Å². The fraction of sp³-hybridized carbons (Fsp3) is 1.00. The monoisotopic (exact) mass is 155 g/mol. The molecule has 0 saturated carbocycles. The van der Waals surface area contributed by atoms with E-state index >= 15 is 0 Å². The van der Waals surface area contributed by atoms with E-state index < -0.39 is 6.68 Å². The zero-order chi connectivity index (χ0) is 7.82. The molecule has 0 aliphatic carbocycles. The minimum absolute atomic E-state index is 1.25. The van der Waals surface area contributed by atoms with Gasteiger partial charge >= 0.3 is 6.68 Å². The van der Waals surface area contributed by atoms with Gasteiger partial charge in [-0.1, -0.05) is 6.42 Å². The molecular formula is C6H12F3N. The summed E-state index contributed by atoms with van der Waals surface area (Å²) in [5.74, 6) is 0. The van der Waals surface area contributed by atoms with Gasteiger partial charge in [-0.3, -0.25) is 0 Å². The number of piperidine rings is 1. The van der Waals surface area contributed by atoms with Crippen LogP contribution in [0.5, 0.6) is 0 Å². The van der Waals surface area contributed by atoms with Gasteiger partial charge in [-0.05, 0) is 25.9 Å². The maximum Gasteiger partial charge on any atom is 0.379 e. The SMILES string of the molecule is C1CCNCC1.FC(F)F. The van der Waals surface area contributed by atoms with Crippen molar-refractivity contribution in [1.82, 2.24) is 5.32 Å². The first-order valence-corrected chi connectivity index (χ1v) is 3.36. The van der Waals surface area contributed by atoms with Crippen molar-refractivity contribution in [3.8, 4) is 0 Å². The van der Waals surface area contributed by atoms with E-state index in [1.54, 1.807) is 0 Å². The Labute approximate surface area is 58.6 Å². The van der Waals surface area contributed by atoms with E-state index in [1.165, 1.54) is 32.4 Å². The fourth-order valence-corrected chi connectivity index (χ4v) is 0.802. The lowest BCUT2D eigenvalue weighted by atomic mass is 10.2. The Hall–Kier alpha value is -0.250. The maximum absolute atomic E-state index is 9.67. The summed E-state index contributed by atoms with van der Waals surface area (Å²) in [7, 11) is 0. The highest BCUT2D eigenvalue weighted by atomic mass is 19.4. The second kappa shape index (κ2) is 6.86. The summed E-state index contributed by atoms with van der Waals surface area (Å²) in [6, 6.07) is 0. The first-order valence-electron chi connectivity index (χ1n) is 3.36. The highest BCUT2D eigenvalue weighted by molar-refractivity contribution is 4.55. The van der Waals surface area contributed by atoms with Crippen molar-refractivity contribution in [2.24, 2.45) is 0 Å². The van der Waals surface area contributed by atoms with E-state index in [9.17, 15) is 13.2 Å². The molecule has 0 unspecified atom stereocenters. The molecule has 0 radical (unpaired) electrons. The molecule has 1 saturated heterocycles. The van der Waals surface area contributed by atoms with Gasteiger partial charge in [0.05, 0.1) is 0 Å². The molecule has 0 aromatic rings. The van der Waals surface area contributed by atoms with Crippen LogP contribution in [0.4, 0.5) is 13.2 Å². The molecule has 0 amide bonds. The van der Waals surface area contributed by atoms with Gasteiger partial charge in [-0.2, -0.15) is 13.2 Å². The molecule has 1 fully saturated rings. The van der Waals surface area contributed by atoms with Crippen LogP contribution in [0.1, 0.15) is 19.3 Å². The molecule has 0 spiro atoms. The highest BCUT2D eigenvalue weighted by Gasteiger charge is 1.93. The summed E-state index contributed by atoms with van der Waals surface area (Å²) in [4.78, 5) is 0. The molecule has 62 valence electrons. The van der Waals surface area contributed by atoms with E-state index in [0.717, 1.165) is 0 Å². The van der Waals surface area contributed by atoms with Crippen LogP contribution in [0, 0.1) is 0 Å². The smallest absolute Gasteiger partial charge is 0.317 e. The average molecular weight is 155 g/mol. The van der Waals surface area contributed by atoms with E-state index in [4.69, 9.17) is 0 Å². The number of alkyl halides is 3. The normalized spacial score (nSPS) is 18.0. The number of nitrogens with one attached hydrogen (secondary N) is 1. The average Bonchev–Trinajstić information content (AvgIpc) is 1.90. The topological polar surface area (TPSA) is 12.0 Å². The van der Waals surface area contributed by atoms with Crippen molar-refractivity contribution in [2.75, 3.05) is 13.1 Å². The third kappa shape index (κ3) is 10.7. The van der Waals surface area contributed by atoms with Crippen molar-refractivity contribution in [3.63, 3.8) is 0 Å². The zero-order valence-corrected chi connectivity index (χ0v) is 5.75. The van der Waals surface area contributed by atoms with Gasteiger partial charge in [-0.25, -0.2) is 0 Å². The molecule has 1 aliphatic heterocycles. The van der Waals surface area contributed by atoms with Gasteiger partial charge in [0.25, 0.3) is 0 Å². The van der Waals surface area contributed by atoms with Crippen molar-refractivity contribution in [3.05, 3.63) is 0 Å². The Balaban J connectivity index is 0.000000180. The van der Waals surface area contributed by atoms with E-state index in [2.05, 4.69) is 5.32 Å². The predicted octanol–water partition coefficient (Wildman–Crippen LogP) is 1.94. The quantitative estimate of drug-likeness (QED) is 0.563. The second-order valence-electron chi connectivity index (χ2n) is 2.06. The minimum Gasteiger partial charge on any atom is -0.317 e. The summed E-state index contributed by atoms with van der Waals surface area (Å²) in [6.45, 7) is -1.17. The molecule has 1 rings (SSSR count). The van der Waals surface area contributed by atoms with Crippen LogP contribution in [0.3, 0.4) is 0 Å². The molecule has 10 heavy (non-hydrogen) atoms. The van der Waals surface area contributed by atoms with E-state index in [0.29, 0.717) is 0 Å². The summed E-state index contributed by atoms with van der Waals surface area (Å²) < 4.78 is 29.0. The third-order valence-electron chi connectivity index (χ3n) is 1.21. The van der Waals surface area contributed by atoms with Crippen molar-refractivity contribution >= 4 is 0 Å². The zero-order valence-electron chi connectivity index (χ0n) is 5.75. The standard InChI is InChI=1S/C5H11N.CHF3/c1-2-4-6-5-3-1;2-1(3)4/h6H,1-5H2;1H. The minimum atomic E-state index is -3.67. The number of hydrogen-bond acceptors (Lipinski definition) is 1. The number of rotatable bonds is 0. The molecule has 1 aliphatic rings. The molecular weight excluding hydrogens is 143 g/mol. The van der Waals surface area contributed by atoms with Crippen LogP contribution in [-0.2, 0) is 0 Å². The Bertz CT molecular complexity index is 49.7. The predicted molar refractivity (Wildman–Crippen MR) is 33.8 cm³/mol. The lowest BCUT2D eigenvalue weighted by Crippen LogP contribution is -2.21. The third-order valence-corrected chi connectivity index (χ3v) is 1.21. The summed E-state index contributed by atoms with van der Waals surface area (Å²) in [6.07, 6.45) is 4.22. The largest absolute Gasteiger partial charge is 0.379 e. The molecule has 0 atom stereocenters. The van der Waals surface area contributed by atoms with Gasteiger partial charge in [0.1, 0.15) is 0 Å². The lowest BCUT2D eigenvalue weighted by molar-refractivity contribution is 0.00819. The Morgan fingerprint density at radius 3 is 1.40 bits per heavy atom. The molecule has 0 aromatic carbocycles. The number of halogens is 3. The fourth-order valence-electron chi connectivity index (χ4n) is 0.802. The highest BCUT2D eigenvalue weighted by Crippen LogP contribution is 1.96. The summed E-state index contributed by atoms with van der Waals surface area (Å²) >= 11 is 0. The molecule has 0 aromatic heterocycles. The molecule has 4 heteroatoms. The molecule has 1 N–H and O–H groups in total. The van der Waals surface area contributed by atoms with Crippen LogP contribution in [0.2, 0.25) is 0 Å². The molecule has 1 nitrogen and oxygen atoms in total. The first kappa shape index (κ1) is 9.75. The Morgan fingerprint density at radius 1 is 0.900 bits per heavy atom. The van der Waals surface area contributed by atoms with E-state index in [1.807, 2.05) is 0 Å². The Kier molecular flexibility index (Phi) is 6.69. The van der Waals surface area contributed by atoms with Crippen LogP contribution < -0.4 is 5.32 Å². The van der Waals surface area contributed by atoms with Gasteiger partial charge in [0, 0.05) is 0 Å². The lowest BCUT2D eigenvalue weighted by Gasteiger charge is -2.08. The van der Waals surface area contributed by atoms with Crippen LogP contribution in [0.15, 0.2) is 0 Å². The summed E-state index contributed by atoms with van der Waals surface area (Å²) in [5, 5.41) is 3.28. The van der Waals surface area contributed by atoms with Crippen LogP contribution >= 0.6 is 0 Å². The Morgan fingerprint density at radius 2 is 1.30 bits per heavy atom. The van der Waals surface area contributed by atoms with Crippen molar-refractivity contribution in [2.45, 2.75) is 25.9 Å². The first-order chi connectivity index (χ1) is 4.73. The van der Waals surface area contributed by atoms with Crippen molar-refractivity contribution in [1.29, 1.82) is 0 Å².